The van der Waals surface area contributed by atoms with Crippen LogP contribution in [0.1, 0.15) is 24.2 Å². The van der Waals surface area contributed by atoms with Gasteiger partial charge < -0.3 is 15.2 Å². The van der Waals surface area contributed by atoms with Crippen LogP contribution in [0.4, 0.5) is 5.69 Å². The molecule has 0 radical (unpaired) electrons. The van der Waals surface area contributed by atoms with E-state index in [0.29, 0.717) is 17.0 Å². The third-order valence-corrected chi connectivity index (χ3v) is 1.81. The topological polar surface area (TPSA) is 61.5 Å². The van der Waals surface area contributed by atoms with Crippen molar-refractivity contribution in [2.75, 3.05) is 12.8 Å². The van der Waals surface area contributed by atoms with Crippen molar-refractivity contribution in [3.8, 4) is 5.75 Å². The first kappa shape index (κ1) is 11.4. The van der Waals surface area contributed by atoms with E-state index in [1.165, 1.54) is 7.11 Å². The highest BCUT2D eigenvalue weighted by atomic mass is 16.5. The lowest BCUT2D eigenvalue weighted by molar-refractivity contribution is 0.0377. The van der Waals surface area contributed by atoms with Crippen LogP contribution in [0.3, 0.4) is 0 Å². The van der Waals surface area contributed by atoms with Gasteiger partial charge in [0.25, 0.3) is 0 Å². The maximum absolute atomic E-state index is 11.5. The Morgan fingerprint density at radius 2 is 2.07 bits per heavy atom. The van der Waals surface area contributed by atoms with Gasteiger partial charge in [-0.3, -0.25) is 0 Å². The van der Waals surface area contributed by atoms with Crippen molar-refractivity contribution in [2.24, 2.45) is 0 Å². The highest BCUT2D eigenvalue weighted by molar-refractivity contribution is 5.90. The number of hydrogen-bond acceptors (Lipinski definition) is 4. The monoisotopic (exact) mass is 209 g/mol. The van der Waals surface area contributed by atoms with Crippen molar-refractivity contribution < 1.29 is 14.3 Å². The van der Waals surface area contributed by atoms with Crippen molar-refractivity contribution in [1.29, 1.82) is 0 Å². The van der Waals surface area contributed by atoms with E-state index in [9.17, 15) is 4.79 Å². The van der Waals surface area contributed by atoms with E-state index in [1.54, 1.807) is 32.0 Å². The van der Waals surface area contributed by atoms with Gasteiger partial charge in [0.1, 0.15) is 5.75 Å². The van der Waals surface area contributed by atoms with E-state index in [1.807, 2.05) is 0 Å². The first-order chi connectivity index (χ1) is 7.04. The number of ether oxygens (including phenoxy) is 2. The Morgan fingerprint density at radius 1 is 1.40 bits per heavy atom. The molecular weight excluding hydrogens is 194 g/mol. The molecule has 0 saturated carbocycles. The smallest absolute Gasteiger partial charge is 0.338 e. The number of esters is 1. The second kappa shape index (κ2) is 4.68. The van der Waals surface area contributed by atoms with E-state index < -0.39 is 0 Å². The summed E-state index contributed by atoms with van der Waals surface area (Å²) in [5.41, 5.74) is 6.56. The zero-order valence-electron chi connectivity index (χ0n) is 9.11. The van der Waals surface area contributed by atoms with Crippen molar-refractivity contribution in [1.82, 2.24) is 0 Å². The van der Waals surface area contributed by atoms with Gasteiger partial charge in [0.05, 0.1) is 24.5 Å². The minimum absolute atomic E-state index is 0.138. The van der Waals surface area contributed by atoms with Gasteiger partial charge in [-0.1, -0.05) is 0 Å². The summed E-state index contributed by atoms with van der Waals surface area (Å²) in [5.74, 6) is 0.108. The lowest BCUT2D eigenvalue weighted by Crippen LogP contribution is -2.11. The van der Waals surface area contributed by atoms with Crippen molar-refractivity contribution in [3.63, 3.8) is 0 Å². The van der Waals surface area contributed by atoms with Gasteiger partial charge in [0.2, 0.25) is 0 Å². The predicted molar refractivity (Wildman–Crippen MR) is 58.0 cm³/mol. The number of methoxy groups -OCH3 is 1. The number of anilines is 1. The van der Waals surface area contributed by atoms with Crippen LogP contribution in [0.25, 0.3) is 0 Å². The maximum Gasteiger partial charge on any atom is 0.338 e. The molecule has 82 valence electrons. The van der Waals surface area contributed by atoms with Crippen molar-refractivity contribution in [3.05, 3.63) is 23.8 Å². The predicted octanol–water partition coefficient (Wildman–Crippen LogP) is 1.84. The molecule has 1 rings (SSSR count). The molecule has 0 saturated heterocycles. The van der Waals surface area contributed by atoms with E-state index in [4.69, 9.17) is 15.2 Å². The van der Waals surface area contributed by atoms with Gasteiger partial charge >= 0.3 is 5.97 Å². The van der Waals surface area contributed by atoms with Crippen LogP contribution in [-0.2, 0) is 4.74 Å². The SMILES string of the molecule is COc1cc(C(=O)OC(C)C)ccc1N. The second-order valence-electron chi connectivity index (χ2n) is 3.41. The Balaban J connectivity index is 2.91. The summed E-state index contributed by atoms with van der Waals surface area (Å²) in [6, 6.07) is 4.80. The molecule has 0 atom stereocenters. The molecule has 0 aliphatic heterocycles. The molecule has 1 aromatic rings. The highest BCUT2D eigenvalue weighted by Gasteiger charge is 2.11. The third-order valence-electron chi connectivity index (χ3n) is 1.81. The van der Waals surface area contributed by atoms with Gasteiger partial charge in [0.15, 0.2) is 0 Å². The summed E-state index contributed by atoms with van der Waals surface area (Å²) in [5, 5.41) is 0. The molecule has 0 aliphatic carbocycles. The van der Waals surface area contributed by atoms with Gasteiger partial charge in [0, 0.05) is 0 Å². The van der Waals surface area contributed by atoms with Gasteiger partial charge in [-0.15, -0.1) is 0 Å². The van der Waals surface area contributed by atoms with Crippen LogP contribution in [0.5, 0.6) is 5.75 Å². The molecule has 1 aromatic carbocycles. The summed E-state index contributed by atoms with van der Waals surface area (Å²) in [6.07, 6.45) is -0.138. The molecule has 0 unspecified atom stereocenters. The minimum atomic E-state index is -0.372. The van der Waals surface area contributed by atoms with E-state index >= 15 is 0 Å². The normalized spacial score (nSPS) is 10.1. The number of benzene rings is 1. The maximum atomic E-state index is 11.5. The average Bonchev–Trinajstić information content (AvgIpc) is 2.17. The molecule has 0 fully saturated rings. The molecule has 2 N–H and O–H groups in total. The van der Waals surface area contributed by atoms with Gasteiger partial charge in [-0.05, 0) is 32.0 Å². The Hall–Kier alpha value is -1.71. The van der Waals surface area contributed by atoms with E-state index in [2.05, 4.69) is 0 Å². The Labute approximate surface area is 89.0 Å². The molecule has 0 spiro atoms. The molecule has 0 amide bonds. The van der Waals surface area contributed by atoms with Crippen molar-refractivity contribution >= 4 is 11.7 Å². The molecular formula is C11H15NO3. The minimum Gasteiger partial charge on any atom is -0.495 e. The first-order valence-electron chi connectivity index (χ1n) is 4.69. The number of hydrogen-bond donors (Lipinski definition) is 1. The summed E-state index contributed by atoms with van der Waals surface area (Å²) >= 11 is 0. The van der Waals surface area contributed by atoms with Gasteiger partial charge in [-0.25, -0.2) is 4.79 Å². The molecule has 0 heterocycles. The fourth-order valence-corrected chi connectivity index (χ4v) is 1.12. The molecule has 0 bridgehead atoms. The fourth-order valence-electron chi connectivity index (χ4n) is 1.12. The van der Waals surface area contributed by atoms with E-state index in [-0.39, 0.29) is 12.1 Å². The molecule has 0 aromatic heterocycles. The number of nitrogen functional groups attached to an aromatic ring is 1. The summed E-state index contributed by atoms with van der Waals surface area (Å²) in [7, 11) is 1.50. The quantitative estimate of drug-likeness (QED) is 0.609. The van der Waals surface area contributed by atoms with Crippen LogP contribution in [0.15, 0.2) is 18.2 Å². The molecule has 4 heteroatoms. The van der Waals surface area contributed by atoms with E-state index in [0.717, 1.165) is 0 Å². The summed E-state index contributed by atoms with van der Waals surface area (Å²) < 4.78 is 10.0. The van der Waals surface area contributed by atoms with Crippen LogP contribution >= 0.6 is 0 Å². The van der Waals surface area contributed by atoms with Crippen LogP contribution < -0.4 is 10.5 Å². The van der Waals surface area contributed by atoms with Crippen LogP contribution in [0.2, 0.25) is 0 Å². The lowest BCUT2D eigenvalue weighted by Gasteiger charge is -2.09. The number of carbonyl (C=O) groups is 1. The van der Waals surface area contributed by atoms with Crippen molar-refractivity contribution in [2.45, 2.75) is 20.0 Å². The highest BCUT2D eigenvalue weighted by Crippen LogP contribution is 2.22. The molecule has 4 nitrogen and oxygen atoms in total. The second-order valence-corrected chi connectivity index (χ2v) is 3.41. The Morgan fingerprint density at radius 3 is 2.60 bits per heavy atom. The fraction of sp³-hybridized carbons (Fsp3) is 0.364. The number of nitrogens with two attached hydrogens (primary N) is 1. The summed E-state index contributed by atoms with van der Waals surface area (Å²) in [6.45, 7) is 3.60. The molecule has 0 aliphatic rings. The molecule has 15 heavy (non-hydrogen) atoms. The van der Waals surface area contributed by atoms with Gasteiger partial charge in [-0.2, -0.15) is 0 Å². The zero-order valence-corrected chi connectivity index (χ0v) is 9.11. The number of rotatable bonds is 3. The largest absolute Gasteiger partial charge is 0.495 e. The standard InChI is InChI=1S/C11H15NO3/c1-7(2)15-11(13)8-4-5-9(12)10(6-8)14-3/h4-7H,12H2,1-3H3. The van der Waals surface area contributed by atoms with Crippen LogP contribution in [0, 0.1) is 0 Å². The third kappa shape index (κ3) is 2.87. The van der Waals surface area contributed by atoms with Crippen LogP contribution in [-0.4, -0.2) is 19.2 Å². The lowest BCUT2D eigenvalue weighted by atomic mass is 10.2. The zero-order chi connectivity index (χ0) is 11.4. The number of carbonyl (C=O) groups excluding carboxylic acids is 1. The Bertz CT molecular complexity index is 361. The Kier molecular flexibility index (Phi) is 3.55. The first-order valence-corrected chi connectivity index (χ1v) is 4.69. The summed E-state index contributed by atoms with van der Waals surface area (Å²) in [4.78, 5) is 11.5. The average molecular weight is 209 g/mol.